The number of aryl methyl sites for hydroxylation is 1. The molecular weight excluding hydrogens is 308 g/mol. The summed E-state index contributed by atoms with van der Waals surface area (Å²) in [4.78, 5) is 4.47. The van der Waals surface area contributed by atoms with Crippen LogP contribution in [0.1, 0.15) is 18.5 Å². The van der Waals surface area contributed by atoms with E-state index in [0.717, 1.165) is 21.3 Å². The Morgan fingerprint density at radius 1 is 1.48 bits per heavy atom. The molecule has 6 nitrogen and oxygen atoms in total. The molecule has 2 aromatic rings. The molecule has 0 amide bonds. The Bertz CT molecular complexity index is 619. The Labute approximate surface area is 131 Å². The van der Waals surface area contributed by atoms with Crippen LogP contribution in [-0.4, -0.2) is 39.8 Å². The van der Waals surface area contributed by atoms with Gasteiger partial charge in [0, 0.05) is 43.7 Å². The molecule has 1 saturated heterocycles. The van der Waals surface area contributed by atoms with Crippen molar-refractivity contribution in [3.8, 4) is 10.6 Å². The zero-order valence-electron chi connectivity index (χ0n) is 11.8. The largest absolute Gasteiger partial charge is 0.388 e. The molecule has 0 aromatic carbocycles. The van der Waals surface area contributed by atoms with Gasteiger partial charge in [0.2, 0.25) is 0 Å². The molecule has 0 spiro atoms. The van der Waals surface area contributed by atoms with Crippen molar-refractivity contribution in [1.29, 1.82) is 0 Å². The van der Waals surface area contributed by atoms with E-state index in [1.807, 2.05) is 12.3 Å². The summed E-state index contributed by atoms with van der Waals surface area (Å²) in [6.45, 7) is 3.62. The molecule has 3 rings (SSSR count). The maximum atomic E-state index is 10.5. The van der Waals surface area contributed by atoms with E-state index >= 15 is 0 Å². The van der Waals surface area contributed by atoms with Gasteiger partial charge in [-0.3, -0.25) is 0 Å². The SMILES string of the molecule is Cc1csc(-c2c(N)nsc2NCC2(O)CCOCC2)n1. The third-order valence-corrected chi connectivity index (χ3v) is 5.35. The number of thiazole rings is 1. The molecule has 0 radical (unpaired) electrons. The Kier molecular flexibility index (Phi) is 4.12. The van der Waals surface area contributed by atoms with Crippen LogP contribution in [0.3, 0.4) is 0 Å². The van der Waals surface area contributed by atoms with Crippen molar-refractivity contribution in [3.05, 3.63) is 11.1 Å². The predicted molar refractivity (Wildman–Crippen MR) is 85.9 cm³/mol. The summed E-state index contributed by atoms with van der Waals surface area (Å²) in [5.41, 5.74) is 7.05. The lowest BCUT2D eigenvalue weighted by atomic mass is 9.94. The first-order valence-electron chi connectivity index (χ1n) is 6.79. The number of nitrogens with two attached hydrogens (primary N) is 1. The van der Waals surface area contributed by atoms with Gasteiger partial charge < -0.3 is 20.9 Å². The summed E-state index contributed by atoms with van der Waals surface area (Å²) in [5.74, 6) is 0.482. The molecule has 1 aliphatic heterocycles. The maximum Gasteiger partial charge on any atom is 0.149 e. The van der Waals surface area contributed by atoms with Crippen molar-refractivity contribution >= 4 is 33.7 Å². The second kappa shape index (κ2) is 5.88. The van der Waals surface area contributed by atoms with Gasteiger partial charge in [-0.1, -0.05) is 0 Å². The zero-order chi connectivity index (χ0) is 14.9. The van der Waals surface area contributed by atoms with Gasteiger partial charge in [-0.05, 0) is 18.5 Å². The number of aliphatic hydroxyl groups is 1. The highest BCUT2D eigenvalue weighted by Gasteiger charge is 2.30. The third-order valence-electron chi connectivity index (χ3n) is 3.55. The van der Waals surface area contributed by atoms with Crippen LogP contribution in [0.4, 0.5) is 10.8 Å². The van der Waals surface area contributed by atoms with E-state index < -0.39 is 5.60 Å². The molecule has 0 aliphatic carbocycles. The number of hydrogen-bond acceptors (Lipinski definition) is 8. The van der Waals surface area contributed by atoms with E-state index in [1.165, 1.54) is 11.5 Å². The summed E-state index contributed by atoms with van der Waals surface area (Å²) in [6.07, 6.45) is 1.28. The van der Waals surface area contributed by atoms with Gasteiger partial charge in [0.25, 0.3) is 0 Å². The van der Waals surface area contributed by atoms with Gasteiger partial charge >= 0.3 is 0 Å². The lowest BCUT2D eigenvalue weighted by Crippen LogP contribution is -2.42. The van der Waals surface area contributed by atoms with Gasteiger partial charge in [-0.25, -0.2) is 4.98 Å². The Hall–Kier alpha value is -1.22. The summed E-state index contributed by atoms with van der Waals surface area (Å²) < 4.78 is 9.50. The third kappa shape index (κ3) is 3.18. The van der Waals surface area contributed by atoms with E-state index in [9.17, 15) is 5.11 Å². The molecule has 4 N–H and O–H groups in total. The van der Waals surface area contributed by atoms with Gasteiger partial charge in [0.1, 0.15) is 15.8 Å². The normalized spacial score (nSPS) is 17.8. The van der Waals surface area contributed by atoms with Crippen molar-refractivity contribution < 1.29 is 9.84 Å². The van der Waals surface area contributed by atoms with Crippen LogP contribution in [-0.2, 0) is 4.74 Å². The Morgan fingerprint density at radius 2 is 2.24 bits per heavy atom. The number of anilines is 2. The van der Waals surface area contributed by atoms with E-state index in [4.69, 9.17) is 10.5 Å². The van der Waals surface area contributed by atoms with Gasteiger partial charge in [0.05, 0.1) is 11.2 Å². The van der Waals surface area contributed by atoms with E-state index in [0.29, 0.717) is 38.4 Å². The fourth-order valence-corrected chi connectivity index (χ4v) is 3.90. The average Bonchev–Trinajstić information content (AvgIpc) is 3.03. The van der Waals surface area contributed by atoms with Crippen LogP contribution in [0, 0.1) is 6.92 Å². The van der Waals surface area contributed by atoms with Crippen LogP contribution in [0.25, 0.3) is 10.6 Å². The molecule has 0 unspecified atom stereocenters. The molecule has 8 heteroatoms. The average molecular weight is 326 g/mol. The molecule has 0 atom stereocenters. The topological polar surface area (TPSA) is 93.3 Å². The number of nitrogens with zero attached hydrogens (tertiary/aromatic N) is 2. The highest BCUT2D eigenvalue weighted by Crippen LogP contribution is 2.38. The predicted octanol–water partition coefficient (Wildman–Crippen LogP) is 2.11. The second-order valence-electron chi connectivity index (χ2n) is 5.26. The monoisotopic (exact) mass is 326 g/mol. The van der Waals surface area contributed by atoms with Gasteiger partial charge in [-0.15, -0.1) is 11.3 Å². The van der Waals surface area contributed by atoms with Crippen molar-refractivity contribution in [2.75, 3.05) is 30.8 Å². The van der Waals surface area contributed by atoms with Crippen molar-refractivity contribution in [3.63, 3.8) is 0 Å². The van der Waals surface area contributed by atoms with Crippen molar-refractivity contribution in [1.82, 2.24) is 9.36 Å². The Balaban J connectivity index is 1.77. The fourth-order valence-electron chi connectivity index (χ4n) is 2.27. The maximum absolute atomic E-state index is 10.5. The number of hydrogen-bond donors (Lipinski definition) is 3. The first-order chi connectivity index (χ1) is 10.1. The lowest BCUT2D eigenvalue weighted by molar-refractivity contribution is -0.0543. The fraction of sp³-hybridized carbons (Fsp3) is 0.538. The summed E-state index contributed by atoms with van der Waals surface area (Å²) in [7, 11) is 0. The number of rotatable bonds is 4. The minimum atomic E-state index is -0.729. The quantitative estimate of drug-likeness (QED) is 0.797. The molecule has 114 valence electrons. The summed E-state index contributed by atoms with van der Waals surface area (Å²) >= 11 is 2.85. The standard InChI is InChI=1S/C13H18N4O2S2/c1-8-6-20-12(16-8)9-10(14)17-21-11(9)15-7-13(18)2-4-19-5-3-13/h6,15,18H,2-5,7H2,1H3,(H2,14,17). The first kappa shape index (κ1) is 14.7. The van der Waals surface area contributed by atoms with Gasteiger partial charge in [-0.2, -0.15) is 4.37 Å². The number of nitrogen functional groups attached to an aromatic ring is 1. The van der Waals surface area contributed by atoms with Crippen LogP contribution < -0.4 is 11.1 Å². The highest BCUT2D eigenvalue weighted by molar-refractivity contribution is 7.15. The van der Waals surface area contributed by atoms with Crippen molar-refractivity contribution in [2.24, 2.45) is 0 Å². The second-order valence-corrected chi connectivity index (χ2v) is 6.89. The molecule has 2 aromatic heterocycles. The molecule has 1 aliphatic rings. The van der Waals surface area contributed by atoms with Crippen molar-refractivity contribution in [2.45, 2.75) is 25.4 Å². The summed E-state index contributed by atoms with van der Waals surface area (Å²) in [6, 6.07) is 0. The molecule has 0 saturated carbocycles. The molecular formula is C13H18N4O2S2. The highest BCUT2D eigenvalue weighted by atomic mass is 32.1. The molecule has 1 fully saturated rings. The van der Waals surface area contributed by atoms with E-state index in [1.54, 1.807) is 11.3 Å². The van der Waals surface area contributed by atoms with Crippen LogP contribution in [0.2, 0.25) is 0 Å². The Morgan fingerprint density at radius 3 is 2.90 bits per heavy atom. The van der Waals surface area contributed by atoms with Crippen LogP contribution in [0.5, 0.6) is 0 Å². The first-order valence-corrected chi connectivity index (χ1v) is 8.44. The lowest BCUT2D eigenvalue weighted by Gasteiger charge is -2.32. The molecule has 3 heterocycles. The summed E-state index contributed by atoms with van der Waals surface area (Å²) in [5, 5.41) is 17.5. The zero-order valence-corrected chi connectivity index (χ0v) is 13.4. The van der Waals surface area contributed by atoms with Gasteiger partial charge in [0.15, 0.2) is 0 Å². The van der Waals surface area contributed by atoms with E-state index in [-0.39, 0.29) is 0 Å². The number of nitrogens with one attached hydrogen (secondary N) is 1. The van der Waals surface area contributed by atoms with Crippen LogP contribution in [0.15, 0.2) is 5.38 Å². The number of aromatic nitrogens is 2. The smallest absolute Gasteiger partial charge is 0.149 e. The number of ether oxygens (including phenoxy) is 1. The van der Waals surface area contributed by atoms with E-state index in [2.05, 4.69) is 14.7 Å². The molecule has 21 heavy (non-hydrogen) atoms. The minimum absolute atomic E-state index is 0.468. The molecule has 0 bridgehead atoms. The van der Waals surface area contributed by atoms with Crippen LogP contribution >= 0.6 is 22.9 Å². The minimum Gasteiger partial charge on any atom is -0.388 e.